The van der Waals surface area contributed by atoms with Crippen molar-refractivity contribution in [3.05, 3.63) is 39.4 Å². The quantitative estimate of drug-likeness (QED) is 0.466. The van der Waals surface area contributed by atoms with Crippen molar-refractivity contribution in [3.8, 4) is 0 Å². The van der Waals surface area contributed by atoms with Gasteiger partial charge in [0.2, 0.25) is 0 Å². The molecule has 0 bridgehead atoms. The van der Waals surface area contributed by atoms with E-state index >= 15 is 0 Å². The topological polar surface area (TPSA) is 87.5 Å². The van der Waals surface area contributed by atoms with Crippen molar-refractivity contribution < 1.29 is 9.72 Å². The standard InChI is InChI=1S/C18H28N4O3/c1-18(2,3)15-6-5-14(13-16(15)22(24)25)17(23)20-7-4-10-21-11-8-19-9-12-21/h5-6,13,19H,4,7-12H2,1-3H3,(H,20,23). The smallest absolute Gasteiger partial charge is 0.273 e. The highest BCUT2D eigenvalue weighted by Crippen LogP contribution is 2.31. The molecule has 1 saturated heterocycles. The number of nitrogens with one attached hydrogen (secondary N) is 2. The molecule has 25 heavy (non-hydrogen) atoms. The average molecular weight is 348 g/mol. The van der Waals surface area contributed by atoms with Gasteiger partial charge in [-0.2, -0.15) is 0 Å². The van der Waals surface area contributed by atoms with Gasteiger partial charge in [-0.15, -0.1) is 0 Å². The molecule has 1 aromatic carbocycles. The summed E-state index contributed by atoms with van der Waals surface area (Å²) in [5.74, 6) is -0.260. The maximum atomic E-state index is 12.3. The van der Waals surface area contributed by atoms with E-state index in [0.29, 0.717) is 17.7 Å². The zero-order valence-corrected chi connectivity index (χ0v) is 15.3. The minimum absolute atomic E-state index is 0.000895. The van der Waals surface area contributed by atoms with Crippen LogP contribution in [-0.4, -0.2) is 55.0 Å². The Morgan fingerprint density at radius 3 is 2.60 bits per heavy atom. The van der Waals surface area contributed by atoms with Gasteiger partial charge in [-0.1, -0.05) is 26.8 Å². The lowest BCUT2D eigenvalue weighted by molar-refractivity contribution is -0.386. The predicted octanol–water partition coefficient (Wildman–Crippen LogP) is 1.92. The molecule has 1 fully saturated rings. The molecule has 0 aromatic heterocycles. The fourth-order valence-corrected chi connectivity index (χ4v) is 3.00. The highest BCUT2D eigenvalue weighted by Gasteiger charge is 2.26. The third-order valence-electron chi connectivity index (χ3n) is 4.41. The van der Waals surface area contributed by atoms with Gasteiger partial charge in [-0.25, -0.2) is 0 Å². The monoisotopic (exact) mass is 348 g/mol. The summed E-state index contributed by atoms with van der Waals surface area (Å²) in [6, 6.07) is 4.74. The summed E-state index contributed by atoms with van der Waals surface area (Å²) < 4.78 is 0. The SMILES string of the molecule is CC(C)(C)c1ccc(C(=O)NCCCN2CCNCC2)cc1[N+](=O)[O-]. The van der Waals surface area contributed by atoms with Crippen LogP contribution in [0.2, 0.25) is 0 Å². The van der Waals surface area contributed by atoms with Crippen LogP contribution >= 0.6 is 0 Å². The molecular weight excluding hydrogens is 320 g/mol. The molecule has 138 valence electrons. The Bertz CT molecular complexity index is 619. The molecule has 0 aliphatic carbocycles. The van der Waals surface area contributed by atoms with E-state index < -0.39 is 4.92 Å². The molecule has 2 rings (SSSR count). The molecule has 0 spiro atoms. The van der Waals surface area contributed by atoms with E-state index in [9.17, 15) is 14.9 Å². The summed E-state index contributed by atoms with van der Waals surface area (Å²) in [5.41, 5.74) is 0.622. The number of nitro benzene ring substituents is 1. The number of nitro groups is 1. The Morgan fingerprint density at radius 2 is 2.00 bits per heavy atom. The van der Waals surface area contributed by atoms with E-state index in [2.05, 4.69) is 15.5 Å². The molecule has 1 aromatic rings. The number of benzene rings is 1. The minimum atomic E-state index is -0.415. The Labute approximate surface area is 148 Å². The molecule has 1 aliphatic heterocycles. The van der Waals surface area contributed by atoms with Gasteiger partial charge in [0.1, 0.15) is 0 Å². The van der Waals surface area contributed by atoms with E-state index in [1.165, 1.54) is 6.07 Å². The van der Waals surface area contributed by atoms with Crippen LogP contribution in [0.25, 0.3) is 0 Å². The van der Waals surface area contributed by atoms with Crippen LogP contribution < -0.4 is 10.6 Å². The molecule has 7 heteroatoms. The maximum Gasteiger partial charge on any atom is 0.273 e. The van der Waals surface area contributed by atoms with E-state index in [1.54, 1.807) is 12.1 Å². The number of nitrogens with zero attached hydrogens (tertiary/aromatic N) is 2. The molecule has 1 heterocycles. The fourth-order valence-electron chi connectivity index (χ4n) is 3.00. The van der Waals surface area contributed by atoms with Gasteiger partial charge in [0.05, 0.1) is 4.92 Å². The third-order valence-corrected chi connectivity index (χ3v) is 4.41. The highest BCUT2D eigenvalue weighted by molar-refractivity contribution is 5.95. The first-order valence-corrected chi connectivity index (χ1v) is 8.79. The predicted molar refractivity (Wildman–Crippen MR) is 98.1 cm³/mol. The number of rotatable bonds is 6. The average Bonchev–Trinajstić information content (AvgIpc) is 2.58. The van der Waals surface area contributed by atoms with Gasteiger partial charge in [-0.3, -0.25) is 14.9 Å². The first kappa shape index (κ1) is 19.3. The van der Waals surface area contributed by atoms with Crippen molar-refractivity contribution in [2.75, 3.05) is 39.3 Å². The van der Waals surface area contributed by atoms with Crippen molar-refractivity contribution in [2.45, 2.75) is 32.6 Å². The molecule has 1 aliphatic rings. The Balaban J connectivity index is 1.92. The lowest BCUT2D eigenvalue weighted by Gasteiger charge is -2.27. The normalized spacial score (nSPS) is 15.8. The summed E-state index contributed by atoms with van der Waals surface area (Å²) in [7, 11) is 0. The van der Waals surface area contributed by atoms with Crippen LogP contribution in [0.15, 0.2) is 18.2 Å². The third kappa shape index (κ3) is 5.51. The van der Waals surface area contributed by atoms with Crippen LogP contribution in [0.1, 0.15) is 43.1 Å². The maximum absolute atomic E-state index is 12.3. The summed E-state index contributed by atoms with van der Waals surface area (Å²) in [6.45, 7) is 11.4. The Kier molecular flexibility index (Phi) is 6.50. The number of piperazine rings is 1. The molecule has 1 amide bonds. The zero-order chi connectivity index (χ0) is 18.4. The van der Waals surface area contributed by atoms with Gasteiger partial charge in [0.25, 0.3) is 11.6 Å². The van der Waals surface area contributed by atoms with Crippen molar-refractivity contribution in [3.63, 3.8) is 0 Å². The molecule has 2 N–H and O–H groups in total. The first-order chi connectivity index (χ1) is 11.8. The number of hydrogen-bond donors (Lipinski definition) is 2. The molecule has 0 unspecified atom stereocenters. The molecule has 7 nitrogen and oxygen atoms in total. The fraction of sp³-hybridized carbons (Fsp3) is 0.611. The lowest BCUT2D eigenvalue weighted by atomic mass is 9.85. The van der Waals surface area contributed by atoms with Crippen molar-refractivity contribution >= 4 is 11.6 Å². The molecule has 0 atom stereocenters. The van der Waals surface area contributed by atoms with E-state index in [0.717, 1.165) is 39.1 Å². The van der Waals surface area contributed by atoms with Crippen LogP contribution in [0, 0.1) is 10.1 Å². The largest absolute Gasteiger partial charge is 0.352 e. The molecular formula is C18H28N4O3. The van der Waals surface area contributed by atoms with Gasteiger partial charge in [0.15, 0.2) is 0 Å². The Morgan fingerprint density at radius 1 is 1.32 bits per heavy atom. The number of amides is 1. The van der Waals surface area contributed by atoms with Gasteiger partial charge in [-0.05, 0) is 24.4 Å². The number of carbonyl (C=O) groups excluding carboxylic acids is 1. The minimum Gasteiger partial charge on any atom is -0.352 e. The molecule has 0 radical (unpaired) electrons. The lowest BCUT2D eigenvalue weighted by Crippen LogP contribution is -2.44. The van der Waals surface area contributed by atoms with E-state index in [1.807, 2.05) is 20.8 Å². The summed E-state index contributed by atoms with van der Waals surface area (Å²) in [5, 5.41) is 17.5. The van der Waals surface area contributed by atoms with Gasteiger partial charge in [0, 0.05) is 49.9 Å². The van der Waals surface area contributed by atoms with Gasteiger partial charge >= 0.3 is 0 Å². The van der Waals surface area contributed by atoms with Gasteiger partial charge < -0.3 is 15.5 Å². The van der Waals surface area contributed by atoms with Crippen LogP contribution in [0.3, 0.4) is 0 Å². The van der Waals surface area contributed by atoms with Crippen molar-refractivity contribution in [1.29, 1.82) is 0 Å². The van der Waals surface area contributed by atoms with Crippen LogP contribution in [0.5, 0.6) is 0 Å². The summed E-state index contributed by atoms with van der Waals surface area (Å²) >= 11 is 0. The second-order valence-electron chi connectivity index (χ2n) is 7.44. The highest BCUT2D eigenvalue weighted by atomic mass is 16.6. The number of hydrogen-bond acceptors (Lipinski definition) is 5. The second-order valence-corrected chi connectivity index (χ2v) is 7.44. The summed E-state index contributed by atoms with van der Waals surface area (Å²) in [6.07, 6.45) is 0.869. The first-order valence-electron chi connectivity index (χ1n) is 8.79. The van der Waals surface area contributed by atoms with Crippen LogP contribution in [0.4, 0.5) is 5.69 Å². The number of carbonyl (C=O) groups is 1. The van der Waals surface area contributed by atoms with Crippen molar-refractivity contribution in [1.82, 2.24) is 15.5 Å². The van der Waals surface area contributed by atoms with Crippen LogP contribution in [-0.2, 0) is 5.41 Å². The van der Waals surface area contributed by atoms with E-state index in [-0.39, 0.29) is 17.0 Å². The zero-order valence-electron chi connectivity index (χ0n) is 15.3. The summed E-state index contributed by atoms with van der Waals surface area (Å²) in [4.78, 5) is 25.6. The second kappa shape index (κ2) is 8.40. The van der Waals surface area contributed by atoms with E-state index in [4.69, 9.17) is 0 Å². The molecule has 0 saturated carbocycles. The Hall–Kier alpha value is -1.99. The van der Waals surface area contributed by atoms with Crippen molar-refractivity contribution in [2.24, 2.45) is 0 Å².